The molecule has 100 valence electrons. The lowest BCUT2D eigenvalue weighted by Gasteiger charge is -2.09. The molecular formula is C14H15ClN2OS. The third kappa shape index (κ3) is 3.33. The number of carbonyl (C=O) groups excluding carboxylic acids is 1. The van der Waals surface area contributed by atoms with Crippen molar-refractivity contribution in [1.82, 2.24) is 4.98 Å². The smallest absolute Gasteiger partial charge is 0.229 e. The number of carbonyl (C=O) groups is 1. The molecule has 3 nitrogen and oxygen atoms in total. The lowest BCUT2D eigenvalue weighted by Crippen LogP contribution is -2.15. The Bertz CT molecular complexity index is 622. The first-order valence-corrected chi connectivity index (χ1v) is 7.14. The van der Waals surface area contributed by atoms with Crippen molar-refractivity contribution in [2.45, 2.75) is 27.2 Å². The van der Waals surface area contributed by atoms with Crippen LogP contribution in [0.2, 0.25) is 5.02 Å². The molecule has 5 heteroatoms. The summed E-state index contributed by atoms with van der Waals surface area (Å²) in [5.74, 6) is -0.0443. The van der Waals surface area contributed by atoms with Crippen molar-refractivity contribution in [2.24, 2.45) is 0 Å². The summed E-state index contributed by atoms with van der Waals surface area (Å²) in [6.07, 6.45) is 0.350. The van der Waals surface area contributed by atoms with E-state index in [9.17, 15) is 4.79 Å². The molecule has 0 aliphatic rings. The van der Waals surface area contributed by atoms with Crippen LogP contribution >= 0.6 is 22.9 Å². The summed E-state index contributed by atoms with van der Waals surface area (Å²) in [5.41, 5.74) is 2.58. The number of rotatable bonds is 3. The lowest BCUT2D eigenvalue weighted by molar-refractivity contribution is -0.115. The van der Waals surface area contributed by atoms with Gasteiger partial charge in [-0.1, -0.05) is 17.7 Å². The molecule has 0 aliphatic heterocycles. The second kappa shape index (κ2) is 5.72. The van der Waals surface area contributed by atoms with Crippen molar-refractivity contribution in [1.29, 1.82) is 0 Å². The van der Waals surface area contributed by atoms with Crippen molar-refractivity contribution in [3.05, 3.63) is 44.4 Å². The van der Waals surface area contributed by atoms with Crippen molar-refractivity contribution in [3.8, 4) is 0 Å². The number of aryl methyl sites for hydroxylation is 2. The third-order valence-corrected chi connectivity index (χ3v) is 4.34. The van der Waals surface area contributed by atoms with E-state index in [1.165, 1.54) is 0 Å². The summed E-state index contributed by atoms with van der Waals surface area (Å²) in [7, 11) is 0. The average Bonchev–Trinajstić information content (AvgIpc) is 2.64. The van der Waals surface area contributed by atoms with Gasteiger partial charge in [-0.25, -0.2) is 4.98 Å². The van der Waals surface area contributed by atoms with Crippen LogP contribution in [0.25, 0.3) is 0 Å². The van der Waals surface area contributed by atoms with E-state index in [2.05, 4.69) is 10.3 Å². The van der Waals surface area contributed by atoms with Crippen LogP contribution in [0.3, 0.4) is 0 Å². The fourth-order valence-electron chi connectivity index (χ4n) is 1.82. The van der Waals surface area contributed by atoms with Crippen molar-refractivity contribution >= 4 is 34.5 Å². The first-order chi connectivity index (χ1) is 8.97. The molecule has 0 saturated carbocycles. The summed E-state index contributed by atoms with van der Waals surface area (Å²) in [4.78, 5) is 17.4. The molecule has 0 unspecified atom stereocenters. The van der Waals surface area contributed by atoms with Gasteiger partial charge in [-0.15, -0.1) is 11.3 Å². The summed E-state index contributed by atoms with van der Waals surface area (Å²) < 4.78 is 0. The van der Waals surface area contributed by atoms with E-state index in [4.69, 9.17) is 11.6 Å². The normalized spacial score (nSPS) is 10.5. The summed E-state index contributed by atoms with van der Waals surface area (Å²) in [5, 5.41) is 4.53. The highest BCUT2D eigenvalue weighted by molar-refractivity contribution is 7.11. The molecule has 1 heterocycles. The first kappa shape index (κ1) is 14.0. The number of nitrogens with one attached hydrogen (secondary N) is 1. The van der Waals surface area contributed by atoms with Crippen LogP contribution in [0.5, 0.6) is 0 Å². The highest BCUT2D eigenvalue weighted by atomic mass is 35.5. The topological polar surface area (TPSA) is 42.0 Å². The maximum absolute atomic E-state index is 12.0. The first-order valence-electron chi connectivity index (χ1n) is 5.95. The molecule has 0 atom stereocenters. The van der Waals surface area contributed by atoms with Crippen LogP contribution in [0.4, 0.5) is 5.69 Å². The molecule has 0 aliphatic carbocycles. The highest BCUT2D eigenvalue weighted by Crippen LogP contribution is 2.24. The van der Waals surface area contributed by atoms with Crippen molar-refractivity contribution < 1.29 is 4.79 Å². The summed E-state index contributed by atoms with van der Waals surface area (Å²) in [6.45, 7) is 5.76. The van der Waals surface area contributed by atoms with Crippen LogP contribution in [0.1, 0.15) is 21.1 Å². The van der Waals surface area contributed by atoms with E-state index < -0.39 is 0 Å². The minimum atomic E-state index is -0.0443. The van der Waals surface area contributed by atoms with E-state index in [0.29, 0.717) is 11.4 Å². The molecule has 19 heavy (non-hydrogen) atoms. The summed E-state index contributed by atoms with van der Waals surface area (Å²) in [6, 6.07) is 5.49. The minimum absolute atomic E-state index is 0.0443. The number of hydrogen-bond donors (Lipinski definition) is 1. The monoisotopic (exact) mass is 294 g/mol. The van der Waals surface area contributed by atoms with E-state index in [0.717, 1.165) is 26.8 Å². The SMILES string of the molecule is Cc1nc(C)c(CC(=O)Nc2cccc(Cl)c2C)s1. The number of nitrogens with zero attached hydrogens (tertiary/aromatic N) is 1. The Morgan fingerprint density at radius 1 is 1.37 bits per heavy atom. The fraction of sp³-hybridized carbons (Fsp3) is 0.286. The second-order valence-corrected chi connectivity index (χ2v) is 6.07. The van der Waals surface area contributed by atoms with Gasteiger partial charge in [-0.3, -0.25) is 4.79 Å². The number of amides is 1. The molecule has 1 aromatic heterocycles. The Labute approximate surface area is 121 Å². The number of hydrogen-bond acceptors (Lipinski definition) is 3. The van der Waals surface area contributed by atoms with E-state index in [1.54, 1.807) is 11.3 Å². The predicted octanol–water partition coefficient (Wildman–Crippen LogP) is 3.90. The molecule has 0 spiro atoms. The molecule has 1 amide bonds. The van der Waals surface area contributed by atoms with Crippen molar-refractivity contribution in [3.63, 3.8) is 0 Å². The van der Waals surface area contributed by atoms with E-state index in [-0.39, 0.29) is 5.91 Å². The number of halogens is 1. The van der Waals surface area contributed by atoms with E-state index >= 15 is 0 Å². The zero-order valence-electron chi connectivity index (χ0n) is 11.1. The molecular weight excluding hydrogens is 280 g/mol. The van der Waals surface area contributed by atoms with Gasteiger partial charge in [0, 0.05) is 15.6 Å². The van der Waals surface area contributed by atoms with Gasteiger partial charge in [-0.2, -0.15) is 0 Å². The maximum atomic E-state index is 12.0. The van der Waals surface area contributed by atoms with Gasteiger partial charge in [0.15, 0.2) is 0 Å². The largest absolute Gasteiger partial charge is 0.325 e. The predicted molar refractivity (Wildman–Crippen MR) is 80.1 cm³/mol. The quantitative estimate of drug-likeness (QED) is 0.933. The Balaban J connectivity index is 2.10. The molecule has 2 rings (SSSR count). The Kier molecular flexibility index (Phi) is 4.22. The van der Waals surface area contributed by atoms with E-state index in [1.807, 2.05) is 39.0 Å². The maximum Gasteiger partial charge on any atom is 0.229 e. The lowest BCUT2D eigenvalue weighted by atomic mass is 10.2. The second-order valence-electron chi connectivity index (χ2n) is 4.38. The van der Waals surface area contributed by atoms with Crippen LogP contribution in [-0.4, -0.2) is 10.9 Å². The van der Waals surface area contributed by atoms with Crippen LogP contribution in [0, 0.1) is 20.8 Å². The Morgan fingerprint density at radius 2 is 2.11 bits per heavy atom. The number of aromatic nitrogens is 1. The fourth-order valence-corrected chi connectivity index (χ4v) is 2.93. The zero-order valence-corrected chi connectivity index (χ0v) is 12.7. The van der Waals surface area contributed by atoms with Gasteiger partial charge >= 0.3 is 0 Å². The molecule has 1 N–H and O–H groups in total. The average molecular weight is 295 g/mol. The van der Waals surface area contributed by atoms with Gasteiger partial charge in [0.25, 0.3) is 0 Å². The van der Waals surface area contributed by atoms with Crippen molar-refractivity contribution in [2.75, 3.05) is 5.32 Å². The van der Waals surface area contributed by atoms with Crippen LogP contribution in [-0.2, 0) is 11.2 Å². The van der Waals surface area contributed by atoms with Gasteiger partial charge in [0.1, 0.15) is 0 Å². The Hall–Kier alpha value is -1.39. The van der Waals surface area contributed by atoms with Crippen LogP contribution < -0.4 is 5.32 Å². The molecule has 0 saturated heterocycles. The number of anilines is 1. The van der Waals surface area contributed by atoms with Crippen LogP contribution in [0.15, 0.2) is 18.2 Å². The number of benzene rings is 1. The molecule has 0 bridgehead atoms. The Morgan fingerprint density at radius 3 is 2.74 bits per heavy atom. The molecule has 1 aromatic carbocycles. The third-order valence-electron chi connectivity index (χ3n) is 2.86. The molecule has 0 radical (unpaired) electrons. The zero-order chi connectivity index (χ0) is 14.0. The highest BCUT2D eigenvalue weighted by Gasteiger charge is 2.11. The minimum Gasteiger partial charge on any atom is -0.325 e. The van der Waals surface area contributed by atoms with Gasteiger partial charge in [-0.05, 0) is 38.5 Å². The molecule has 2 aromatic rings. The molecule has 0 fully saturated rings. The standard InChI is InChI=1S/C14H15ClN2OS/c1-8-11(15)5-4-6-12(8)17-14(18)7-13-9(2)16-10(3)19-13/h4-6H,7H2,1-3H3,(H,17,18). The number of thiazole rings is 1. The van der Waals surface area contributed by atoms with Gasteiger partial charge in [0.2, 0.25) is 5.91 Å². The van der Waals surface area contributed by atoms with Gasteiger partial charge in [0.05, 0.1) is 17.1 Å². The van der Waals surface area contributed by atoms with Gasteiger partial charge < -0.3 is 5.32 Å². The summed E-state index contributed by atoms with van der Waals surface area (Å²) >= 11 is 7.59.